The van der Waals surface area contributed by atoms with Crippen LogP contribution in [0.3, 0.4) is 0 Å². The molecule has 1 N–H and O–H groups in total. The second-order valence-corrected chi connectivity index (χ2v) is 8.79. The van der Waals surface area contributed by atoms with Gasteiger partial charge in [0.05, 0.1) is 4.90 Å². The van der Waals surface area contributed by atoms with Crippen LogP contribution in [0.1, 0.15) is 17.5 Å². The van der Waals surface area contributed by atoms with E-state index in [4.69, 9.17) is 4.74 Å². The summed E-state index contributed by atoms with van der Waals surface area (Å²) < 4.78 is 32.9. The fourth-order valence-electron chi connectivity index (χ4n) is 2.07. The van der Waals surface area contributed by atoms with Crippen LogP contribution < -0.4 is 4.72 Å². The highest BCUT2D eigenvalue weighted by Crippen LogP contribution is 2.18. The fraction of sp³-hybridized carbons (Fsp3) is 0.529. The number of nitrogens with zero attached hydrogens (tertiary/aromatic N) is 1. The number of benzene rings is 1. The summed E-state index contributed by atoms with van der Waals surface area (Å²) in [6, 6.07) is 4.04. The fourth-order valence-corrected chi connectivity index (χ4v) is 4.09. The van der Waals surface area contributed by atoms with E-state index in [1.54, 1.807) is 40.1 Å². The van der Waals surface area contributed by atoms with Gasteiger partial charge in [-0.1, -0.05) is 12.1 Å². The summed E-state index contributed by atoms with van der Waals surface area (Å²) in [4.78, 5) is 25.3. The van der Waals surface area contributed by atoms with Gasteiger partial charge in [0.2, 0.25) is 10.0 Å². The molecule has 0 bridgehead atoms. The predicted molar refractivity (Wildman–Crippen MR) is 103 cm³/mol. The molecule has 1 amide bonds. The summed E-state index contributed by atoms with van der Waals surface area (Å²) in [7, 11) is -0.806. The number of sulfonamides is 1. The lowest BCUT2D eigenvalue weighted by molar-refractivity contribution is -0.152. The van der Waals surface area contributed by atoms with Crippen molar-refractivity contribution in [3.05, 3.63) is 29.3 Å². The molecular weight excluding hydrogens is 376 g/mol. The van der Waals surface area contributed by atoms with Crippen molar-refractivity contribution in [3.63, 3.8) is 0 Å². The molecule has 0 heterocycles. The highest BCUT2D eigenvalue weighted by atomic mass is 32.2. The number of carbonyl (C=O) groups excluding carboxylic acids is 2. The number of ether oxygens (including phenoxy) is 1. The molecule has 26 heavy (non-hydrogen) atoms. The highest BCUT2D eigenvalue weighted by Gasteiger charge is 2.28. The number of carbonyl (C=O) groups is 2. The van der Waals surface area contributed by atoms with Gasteiger partial charge in [-0.3, -0.25) is 9.59 Å². The Kier molecular flexibility index (Phi) is 8.58. The van der Waals surface area contributed by atoms with Crippen LogP contribution in [0, 0.1) is 13.8 Å². The SMILES string of the molecule is CSCC[C@@H](NS(=O)(=O)c1cc(C)ccc1C)C(=O)OCC(=O)N(C)C. The first-order valence-electron chi connectivity index (χ1n) is 8.03. The van der Waals surface area contributed by atoms with Crippen molar-refractivity contribution in [1.29, 1.82) is 0 Å². The Morgan fingerprint density at radius 3 is 2.50 bits per heavy atom. The quantitative estimate of drug-likeness (QED) is 0.627. The Morgan fingerprint density at radius 1 is 1.27 bits per heavy atom. The molecule has 1 atom stereocenters. The van der Waals surface area contributed by atoms with Crippen LogP contribution in [0.15, 0.2) is 23.1 Å². The molecule has 0 saturated heterocycles. The Morgan fingerprint density at radius 2 is 1.92 bits per heavy atom. The smallest absolute Gasteiger partial charge is 0.324 e. The summed E-state index contributed by atoms with van der Waals surface area (Å²) in [6.45, 7) is 3.07. The number of rotatable bonds is 9. The molecule has 7 nitrogen and oxygen atoms in total. The monoisotopic (exact) mass is 402 g/mol. The van der Waals surface area contributed by atoms with Crippen molar-refractivity contribution >= 4 is 33.7 Å². The number of hydrogen-bond acceptors (Lipinski definition) is 6. The van der Waals surface area contributed by atoms with E-state index in [9.17, 15) is 18.0 Å². The van der Waals surface area contributed by atoms with Gasteiger partial charge in [-0.2, -0.15) is 16.5 Å². The number of nitrogens with one attached hydrogen (secondary N) is 1. The summed E-state index contributed by atoms with van der Waals surface area (Å²) in [6.07, 6.45) is 2.12. The minimum atomic E-state index is -3.90. The first kappa shape index (κ1) is 22.5. The van der Waals surface area contributed by atoms with Gasteiger partial charge < -0.3 is 9.64 Å². The van der Waals surface area contributed by atoms with E-state index in [0.29, 0.717) is 11.3 Å². The second-order valence-electron chi connectivity index (χ2n) is 6.12. The second kappa shape index (κ2) is 9.94. The van der Waals surface area contributed by atoms with Gasteiger partial charge in [-0.05, 0) is 49.5 Å². The molecule has 0 aliphatic heterocycles. The molecule has 0 spiro atoms. The van der Waals surface area contributed by atoms with E-state index in [1.165, 1.54) is 16.7 Å². The normalized spacial score (nSPS) is 12.5. The van der Waals surface area contributed by atoms with Crippen molar-refractivity contribution in [1.82, 2.24) is 9.62 Å². The van der Waals surface area contributed by atoms with Crippen LogP contribution in [0.5, 0.6) is 0 Å². The molecule has 0 fully saturated rings. The van der Waals surface area contributed by atoms with E-state index < -0.39 is 28.6 Å². The van der Waals surface area contributed by atoms with Crippen LogP contribution >= 0.6 is 11.8 Å². The first-order chi connectivity index (χ1) is 12.1. The van der Waals surface area contributed by atoms with Crippen molar-refractivity contribution in [3.8, 4) is 0 Å². The molecule has 0 unspecified atom stereocenters. The molecule has 9 heteroatoms. The Hall–Kier alpha value is -1.58. The molecule has 0 aliphatic carbocycles. The molecule has 0 saturated carbocycles. The van der Waals surface area contributed by atoms with Gasteiger partial charge in [0, 0.05) is 14.1 Å². The van der Waals surface area contributed by atoms with Crippen LogP contribution in [-0.2, 0) is 24.3 Å². The number of amides is 1. The van der Waals surface area contributed by atoms with Crippen molar-refractivity contribution in [2.24, 2.45) is 0 Å². The molecule has 1 aromatic rings. The van der Waals surface area contributed by atoms with E-state index in [0.717, 1.165) is 5.56 Å². The van der Waals surface area contributed by atoms with Gasteiger partial charge in [0.15, 0.2) is 6.61 Å². The van der Waals surface area contributed by atoms with Gasteiger partial charge in [-0.15, -0.1) is 0 Å². The summed E-state index contributed by atoms with van der Waals surface area (Å²) in [5.74, 6) is -0.570. The number of aryl methyl sites for hydroxylation is 2. The standard InChI is InChI=1S/C17H26N2O5S2/c1-12-6-7-13(2)15(10-12)26(22,23)18-14(8-9-25-5)17(21)24-11-16(20)19(3)4/h6-7,10,14,18H,8-9,11H2,1-5H3/t14-/m1/s1. The third-order valence-corrected chi connectivity index (χ3v) is 5.92. The zero-order valence-electron chi connectivity index (χ0n) is 15.7. The topological polar surface area (TPSA) is 92.8 Å². The van der Waals surface area contributed by atoms with E-state index >= 15 is 0 Å². The summed E-state index contributed by atoms with van der Waals surface area (Å²) >= 11 is 1.49. The number of hydrogen-bond donors (Lipinski definition) is 1. The van der Waals surface area contributed by atoms with Crippen LogP contribution in [0.25, 0.3) is 0 Å². The largest absolute Gasteiger partial charge is 0.454 e. The summed E-state index contributed by atoms with van der Waals surface area (Å²) in [5.41, 5.74) is 1.39. The lowest BCUT2D eigenvalue weighted by Gasteiger charge is -2.19. The maximum absolute atomic E-state index is 12.7. The van der Waals surface area contributed by atoms with Crippen LogP contribution in [0.2, 0.25) is 0 Å². The molecule has 0 radical (unpaired) electrons. The van der Waals surface area contributed by atoms with E-state index in [1.807, 2.05) is 12.3 Å². The third-order valence-electron chi connectivity index (χ3n) is 3.66. The molecule has 146 valence electrons. The van der Waals surface area contributed by atoms with Gasteiger partial charge in [0.1, 0.15) is 6.04 Å². The minimum absolute atomic E-state index is 0.129. The van der Waals surface area contributed by atoms with Crippen LogP contribution in [-0.4, -0.2) is 63.9 Å². The van der Waals surface area contributed by atoms with Crippen molar-refractivity contribution in [2.75, 3.05) is 32.7 Å². The van der Waals surface area contributed by atoms with Crippen LogP contribution in [0.4, 0.5) is 0 Å². The molecule has 1 rings (SSSR count). The number of esters is 1. The Labute approximate surface area is 159 Å². The third kappa shape index (κ3) is 6.62. The van der Waals surface area contributed by atoms with Gasteiger partial charge >= 0.3 is 5.97 Å². The average molecular weight is 403 g/mol. The Bertz CT molecular complexity index is 748. The lowest BCUT2D eigenvalue weighted by atomic mass is 10.2. The predicted octanol–water partition coefficient (Wildman–Crippen LogP) is 1.33. The number of thioether (sulfide) groups is 1. The zero-order valence-corrected chi connectivity index (χ0v) is 17.4. The highest BCUT2D eigenvalue weighted by molar-refractivity contribution is 7.98. The number of likely N-dealkylation sites (N-methyl/N-ethyl adjacent to an activating group) is 1. The zero-order chi connectivity index (χ0) is 19.9. The van der Waals surface area contributed by atoms with Crippen molar-refractivity contribution < 1.29 is 22.7 Å². The Balaban J connectivity index is 2.96. The molecular formula is C17H26N2O5S2. The first-order valence-corrected chi connectivity index (χ1v) is 10.9. The van der Waals surface area contributed by atoms with Crippen molar-refractivity contribution in [2.45, 2.75) is 31.2 Å². The molecule has 0 aliphatic rings. The van der Waals surface area contributed by atoms with Gasteiger partial charge in [0.25, 0.3) is 5.91 Å². The van der Waals surface area contributed by atoms with E-state index in [2.05, 4.69) is 4.72 Å². The lowest BCUT2D eigenvalue weighted by Crippen LogP contribution is -2.43. The van der Waals surface area contributed by atoms with E-state index in [-0.39, 0.29) is 17.2 Å². The maximum Gasteiger partial charge on any atom is 0.324 e. The summed E-state index contributed by atoms with van der Waals surface area (Å²) in [5, 5.41) is 0. The minimum Gasteiger partial charge on any atom is -0.454 e. The maximum atomic E-state index is 12.7. The molecule has 1 aromatic carbocycles. The van der Waals surface area contributed by atoms with Gasteiger partial charge in [-0.25, -0.2) is 8.42 Å². The average Bonchev–Trinajstić information content (AvgIpc) is 2.57. The molecule has 0 aromatic heterocycles.